The van der Waals surface area contributed by atoms with E-state index < -0.39 is 0 Å². The first-order valence-electron chi connectivity index (χ1n) is 7.68. The quantitative estimate of drug-likeness (QED) is 0.942. The average Bonchev–Trinajstić information content (AvgIpc) is 3.21. The number of hydrogen-bond donors (Lipinski definition) is 1. The second-order valence-electron chi connectivity index (χ2n) is 5.96. The number of hydrogen-bond acceptors (Lipinski definition) is 5. The van der Waals surface area contributed by atoms with E-state index in [2.05, 4.69) is 38.6 Å². The van der Waals surface area contributed by atoms with E-state index in [-0.39, 0.29) is 0 Å². The molecule has 2 aromatic rings. The summed E-state index contributed by atoms with van der Waals surface area (Å²) in [4.78, 5) is 13.0. The Morgan fingerprint density at radius 3 is 2.90 bits per heavy atom. The molecule has 1 aliphatic carbocycles. The van der Waals surface area contributed by atoms with Gasteiger partial charge < -0.3 is 10.2 Å². The molecule has 2 aliphatic rings. The molecule has 5 heteroatoms. The van der Waals surface area contributed by atoms with Crippen LogP contribution < -0.4 is 10.2 Å². The van der Waals surface area contributed by atoms with Gasteiger partial charge in [-0.2, -0.15) is 0 Å². The van der Waals surface area contributed by atoms with Gasteiger partial charge in [0.05, 0.1) is 6.04 Å². The molecule has 1 saturated carbocycles. The normalized spacial score (nSPS) is 21.4. The van der Waals surface area contributed by atoms with Crippen LogP contribution >= 0.6 is 11.3 Å². The third-order valence-corrected chi connectivity index (χ3v) is 5.39. The van der Waals surface area contributed by atoms with Gasteiger partial charge >= 0.3 is 0 Å². The van der Waals surface area contributed by atoms with E-state index in [0.29, 0.717) is 6.04 Å². The molecule has 1 aliphatic heterocycles. The monoisotopic (exact) mass is 300 g/mol. The maximum Gasteiger partial charge on any atom is 0.225 e. The molecule has 0 spiro atoms. The van der Waals surface area contributed by atoms with Gasteiger partial charge in [-0.15, -0.1) is 11.3 Å². The van der Waals surface area contributed by atoms with Gasteiger partial charge in [-0.3, -0.25) is 0 Å². The lowest BCUT2D eigenvalue weighted by molar-refractivity contribution is 0.613. The molecule has 1 fully saturated rings. The van der Waals surface area contributed by atoms with E-state index in [1.807, 2.05) is 23.7 Å². The van der Waals surface area contributed by atoms with Crippen molar-refractivity contribution in [1.29, 1.82) is 0 Å². The van der Waals surface area contributed by atoms with Crippen molar-refractivity contribution >= 4 is 17.3 Å². The number of nitrogens with one attached hydrogen (secondary N) is 1. The van der Waals surface area contributed by atoms with E-state index in [1.165, 1.54) is 28.8 Å². The summed E-state index contributed by atoms with van der Waals surface area (Å²) in [6.07, 6.45) is 7.66. The number of nitrogens with zero attached hydrogens (tertiary/aromatic N) is 3. The molecule has 0 radical (unpaired) electrons. The minimum atomic E-state index is 0.371. The molecule has 1 atom stereocenters. The van der Waals surface area contributed by atoms with Gasteiger partial charge in [0, 0.05) is 42.0 Å². The molecule has 0 aromatic carbocycles. The van der Waals surface area contributed by atoms with Crippen molar-refractivity contribution in [3.8, 4) is 0 Å². The summed E-state index contributed by atoms with van der Waals surface area (Å²) in [5, 5.41) is 5.69. The molecule has 110 valence electrons. The molecule has 2 aromatic heterocycles. The van der Waals surface area contributed by atoms with Crippen LogP contribution in [-0.4, -0.2) is 22.6 Å². The molecular weight excluding hydrogens is 280 g/mol. The second kappa shape index (κ2) is 5.39. The zero-order chi connectivity index (χ0) is 14.2. The molecule has 1 unspecified atom stereocenters. The van der Waals surface area contributed by atoms with Crippen molar-refractivity contribution in [1.82, 2.24) is 15.3 Å². The van der Waals surface area contributed by atoms with Gasteiger partial charge in [0.25, 0.3) is 0 Å². The number of fused-ring (bicyclic) bond motifs is 1. The van der Waals surface area contributed by atoms with E-state index in [0.717, 1.165) is 31.5 Å². The summed E-state index contributed by atoms with van der Waals surface area (Å²) in [7, 11) is 0. The Hall–Kier alpha value is -1.46. The summed E-state index contributed by atoms with van der Waals surface area (Å²) in [6.45, 7) is 4.14. The van der Waals surface area contributed by atoms with Crippen molar-refractivity contribution < 1.29 is 0 Å². The Morgan fingerprint density at radius 2 is 2.14 bits per heavy atom. The van der Waals surface area contributed by atoms with Crippen LogP contribution in [0.5, 0.6) is 0 Å². The molecule has 0 bridgehead atoms. The third kappa shape index (κ3) is 2.68. The SMILES string of the molecule is CC1c2ccsc2CCN1c1ncc(CNC2CC2)cn1. The van der Waals surface area contributed by atoms with Crippen LogP contribution in [0.25, 0.3) is 0 Å². The highest BCUT2D eigenvalue weighted by Gasteiger charge is 2.26. The predicted octanol–water partition coefficient (Wildman–Crippen LogP) is 2.91. The molecule has 4 rings (SSSR count). The Morgan fingerprint density at radius 1 is 1.33 bits per heavy atom. The molecule has 4 nitrogen and oxygen atoms in total. The highest BCUT2D eigenvalue weighted by atomic mass is 32.1. The van der Waals surface area contributed by atoms with Crippen LogP contribution in [0.4, 0.5) is 5.95 Å². The van der Waals surface area contributed by atoms with E-state index in [1.54, 1.807) is 0 Å². The van der Waals surface area contributed by atoms with Crippen LogP contribution in [0.15, 0.2) is 23.8 Å². The Bertz CT molecular complexity index is 617. The summed E-state index contributed by atoms with van der Waals surface area (Å²) >= 11 is 1.87. The number of thiophene rings is 1. The van der Waals surface area contributed by atoms with Gasteiger partial charge in [-0.05, 0) is 43.2 Å². The summed E-state index contributed by atoms with van der Waals surface area (Å²) in [6, 6.07) is 3.34. The molecule has 0 amide bonds. The maximum atomic E-state index is 4.59. The molecule has 1 N–H and O–H groups in total. The third-order valence-electron chi connectivity index (χ3n) is 4.40. The predicted molar refractivity (Wildman–Crippen MR) is 85.7 cm³/mol. The Labute approximate surface area is 129 Å². The molecule has 3 heterocycles. The van der Waals surface area contributed by atoms with Crippen LogP contribution in [0.2, 0.25) is 0 Å². The largest absolute Gasteiger partial charge is 0.334 e. The summed E-state index contributed by atoms with van der Waals surface area (Å²) < 4.78 is 0. The maximum absolute atomic E-state index is 4.59. The zero-order valence-corrected chi connectivity index (χ0v) is 13.1. The first-order valence-corrected chi connectivity index (χ1v) is 8.56. The van der Waals surface area contributed by atoms with Crippen molar-refractivity contribution in [2.45, 2.75) is 44.8 Å². The lowest BCUT2D eigenvalue weighted by atomic mass is 10.0. The van der Waals surface area contributed by atoms with E-state index in [4.69, 9.17) is 0 Å². The minimum Gasteiger partial charge on any atom is -0.334 e. The van der Waals surface area contributed by atoms with Crippen molar-refractivity contribution in [3.63, 3.8) is 0 Å². The van der Waals surface area contributed by atoms with Crippen LogP contribution in [0, 0.1) is 0 Å². The van der Waals surface area contributed by atoms with Crippen LogP contribution in [-0.2, 0) is 13.0 Å². The fourth-order valence-corrected chi connectivity index (χ4v) is 3.88. The van der Waals surface area contributed by atoms with Crippen LogP contribution in [0.3, 0.4) is 0 Å². The van der Waals surface area contributed by atoms with Gasteiger partial charge in [0.1, 0.15) is 0 Å². The highest BCUT2D eigenvalue weighted by molar-refractivity contribution is 7.10. The molecular formula is C16H20N4S. The van der Waals surface area contributed by atoms with Crippen molar-refractivity contribution in [2.24, 2.45) is 0 Å². The first kappa shape index (κ1) is 13.2. The van der Waals surface area contributed by atoms with E-state index >= 15 is 0 Å². The smallest absolute Gasteiger partial charge is 0.225 e. The van der Waals surface area contributed by atoms with Gasteiger partial charge in [-0.25, -0.2) is 9.97 Å². The van der Waals surface area contributed by atoms with Gasteiger partial charge in [0.15, 0.2) is 0 Å². The summed E-state index contributed by atoms with van der Waals surface area (Å²) in [5.41, 5.74) is 2.61. The fraction of sp³-hybridized carbons (Fsp3) is 0.500. The average molecular weight is 300 g/mol. The number of anilines is 1. The lowest BCUT2D eigenvalue weighted by Gasteiger charge is -2.33. The number of aromatic nitrogens is 2. The highest BCUT2D eigenvalue weighted by Crippen LogP contribution is 2.34. The molecule has 0 saturated heterocycles. The van der Waals surface area contributed by atoms with E-state index in [9.17, 15) is 0 Å². The van der Waals surface area contributed by atoms with Crippen molar-refractivity contribution in [2.75, 3.05) is 11.4 Å². The second-order valence-corrected chi connectivity index (χ2v) is 6.97. The Kier molecular flexibility index (Phi) is 3.39. The zero-order valence-electron chi connectivity index (χ0n) is 12.2. The topological polar surface area (TPSA) is 41.1 Å². The van der Waals surface area contributed by atoms with Gasteiger partial charge in [-0.1, -0.05) is 0 Å². The Balaban J connectivity index is 1.48. The van der Waals surface area contributed by atoms with Crippen molar-refractivity contribution in [3.05, 3.63) is 39.8 Å². The minimum absolute atomic E-state index is 0.371. The standard InChI is InChI=1S/C16H20N4S/c1-11-14-5-7-21-15(14)4-6-20(11)16-18-9-12(10-19-16)8-17-13-2-3-13/h5,7,9-11,13,17H,2-4,6,8H2,1H3. The first-order chi connectivity index (χ1) is 10.3. The van der Waals surface area contributed by atoms with Crippen LogP contribution in [0.1, 0.15) is 41.8 Å². The fourth-order valence-electron chi connectivity index (χ4n) is 2.92. The molecule has 21 heavy (non-hydrogen) atoms. The summed E-state index contributed by atoms with van der Waals surface area (Å²) in [5.74, 6) is 0.856. The lowest BCUT2D eigenvalue weighted by Crippen LogP contribution is -2.34. The van der Waals surface area contributed by atoms with Gasteiger partial charge in [0.2, 0.25) is 5.95 Å². The number of rotatable bonds is 4.